The van der Waals surface area contributed by atoms with Crippen molar-refractivity contribution in [3.8, 4) is 0 Å². The van der Waals surface area contributed by atoms with Crippen LogP contribution in [0, 0.1) is 116 Å². The molecule has 3 nitrogen and oxygen atoms in total. The maximum absolute atomic E-state index is 15.4. The van der Waals surface area contributed by atoms with Crippen molar-refractivity contribution in [2.24, 2.45) is 0 Å². The first-order valence-electron chi connectivity index (χ1n) is 16.3. The van der Waals surface area contributed by atoms with Gasteiger partial charge < -0.3 is 0 Å². The summed E-state index contributed by atoms with van der Waals surface area (Å²) in [5.41, 5.74) is -12.6. The molecule has 0 saturated carbocycles. The summed E-state index contributed by atoms with van der Waals surface area (Å²) < 4.78 is 296. The molecule has 1 heterocycles. The highest BCUT2D eigenvalue weighted by Crippen LogP contribution is 2.30. The molecule has 1 aromatic heterocycles. The van der Waals surface area contributed by atoms with Crippen molar-refractivity contribution < 1.29 is 97.2 Å². The molecule has 62 heavy (non-hydrogen) atoms. The zero-order valence-electron chi connectivity index (χ0n) is 29.4. The van der Waals surface area contributed by atoms with E-state index in [1.807, 2.05) is 41.1 Å². The maximum atomic E-state index is 15.4. The fourth-order valence-electron chi connectivity index (χ4n) is 6.49. The minimum absolute atomic E-state index is 0.0163. The van der Waals surface area contributed by atoms with Crippen LogP contribution in [0.25, 0.3) is 0 Å². The van der Waals surface area contributed by atoms with Crippen LogP contribution in [0.5, 0.6) is 0 Å². The van der Waals surface area contributed by atoms with E-state index in [0.717, 1.165) is 5.56 Å². The zero-order valence-corrected chi connectivity index (χ0v) is 30.3. The predicted octanol–water partition coefficient (Wildman–Crippen LogP) is 7.38. The number of nitrogens with zero attached hydrogens (tertiary/aromatic N) is 2. The highest BCUT2D eigenvalue weighted by molar-refractivity contribution is 7.81. The predicted molar refractivity (Wildman–Crippen MR) is 177 cm³/mol. The lowest BCUT2D eigenvalue weighted by atomic mass is 9.12. The number of hydrogen-bond acceptors (Lipinski definition) is 3. The number of carbonyl (C=O) groups excluding carboxylic acids is 1. The highest BCUT2D eigenvalue weighted by Gasteiger charge is 2.52. The van der Waals surface area contributed by atoms with Gasteiger partial charge in [0.2, 0.25) is 5.78 Å². The van der Waals surface area contributed by atoms with Gasteiger partial charge in [0.05, 0.1) is 11.9 Å². The second-order valence-electron chi connectivity index (χ2n) is 12.5. The Bertz CT molecular complexity index is 2410. The molecule has 5 aromatic carbocycles. The van der Waals surface area contributed by atoms with E-state index in [2.05, 4.69) is 17.6 Å². The lowest BCUT2D eigenvalue weighted by Gasteiger charge is -2.44. The van der Waals surface area contributed by atoms with E-state index in [1.165, 1.54) is 0 Å². The largest absolute Gasteiger partial charge is 0.286 e. The third-order valence-electron chi connectivity index (χ3n) is 9.17. The van der Waals surface area contributed by atoms with Gasteiger partial charge in [-0.05, 0) is 0 Å². The van der Waals surface area contributed by atoms with E-state index in [0.29, 0.717) is 12.2 Å². The van der Waals surface area contributed by atoms with E-state index in [-0.39, 0.29) is 11.5 Å². The summed E-state index contributed by atoms with van der Waals surface area (Å²) in [4.78, 5) is 15.7. The smallest absolute Gasteiger partial charge is 0.268 e. The first-order chi connectivity index (χ1) is 29.0. The van der Waals surface area contributed by atoms with Crippen molar-refractivity contribution in [2.45, 2.75) is 6.54 Å². The van der Waals surface area contributed by atoms with Crippen LogP contribution < -0.4 is 26.4 Å². The monoisotopic (exact) mass is 924 g/mol. The maximum Gasteiger partial charge on any atom is 0.268 e. The van der Waals surface area contributed by atoms with E-state index in [1.54, 1.807) is 12.4 Å². The Kier molecular flexibility index (Phi) is 13.4. The van der Waals surface area contributed by atoms with Crippen LogP contribution in [0.4, 0.5) is 87.8 Å². The summed E-state index contributed by atoms with van der Waals surface area (Å²) in [6.07, 6.45) is -2.14. The van der Waals surface area contributed by atoms with Crippen molar-refractivity contribution in [1.29, 1.82) is 0 Å². The number of benzene rings is 5. The van der Waals surface area contributed by atoms with Gasteiger partial charge in [-0.3, -0.25) is 9.78 Å². The molecule has 0 atom stereocenters. The van der Waals surface area contributed by atoms with E-state index in [4.69, 9.17) is 0 Å². The Morgan fingerprint density at radius 2 is 0.726 bits per heavy atom. The number of rotatable bonds is 8. The third kappa shape index (κ3) is 7.38. The average Bonchev–Trinajstić information content (AvgIpc) is 3.26. The molecule has 0 fully saturated rings. The molecule has 0 saturated heterocycles. The third-order valence-corrected chi connectivity index (χ3v) is 9.46. The van der Waals surface area contributed by atoms with Crippen LogP contribution in [0.15, 0.2) is 48.9 Å². The van der Waals surface area contributed by atoms with Gasteiger partial charge in [0.25, 0.3) is 5.69 Å². The van der Waals surface area contributed by atoms with Gasteiger partial charge in [-0.2, -0.15) is 17.2 Å². The van der Waals surface area contributed by atoms with Crippen molar-refractivity contribution in [2.75, 3.05) is 5.75 Å². The fourth-order valence-corrected chi connectivity index (χ4v) is 6.65. The summed E-state index contributed by atoms with van der Waals surface area (Å²) >= 11 is 4.01. The second kappa shape index (κ2) is 17.7. The lowest BCUT2D eigenvalue weighted by Crippen LogP contribution is -2.81. The minimum Gasteiger partial charge on any atom is -0.286 e. The van der Waals surface area contributed by atoms with Gasteiger partial charge in [0.15, 0.2) is 82.5 Å². The molecule has 25 heteroatoms. The quantitative estimate of drug-likeness (QED) is 0.0330. The van der Waals surface area contributed by atoms with E-state index in [9.17, 15) is 57.5 Å². The number of ketones is 1. The molecule has 6 aromatic rings. The Labute approximate surface area is 337 Å². The van der Waals surface area contributed by atoms with Crippen molar-refractivity contribution >= 4 is 46.4 Å². The highest BCUT2D eigenvalue weighted by atomic mass is 32.1. The van der Waals surface area contributed by atoms with Crippen LogP contribution in [0.1, 0.15) is 16.1 Å². The summed E-state index contributed by atoms with van der Waals surface area (Å²) in [6.45, 7) is 0.665. The van der Waals surface area contributed by atoms with Crippen LogP contribution in [0.3, 0.4) is 0 Å². The van der Waals surface area contributed by atoms with Gasteiger partial charge in [-0.15, -0.1) is 21.9 Å². The van der Waals surface area contributed by atoms with Gasteiger partial charge in [0, 0.05) is 5.56 Å². The Morgan fingerprint density at radius 1 is 0.452 bits per heavy atom. The van der Waals surface area contributed by atoms with E-state index >= 15 is 35.1 Å². The number of aromatic nitrogens is 2. The Morgan fingerprint density at radius 3 is 1.00 bits per heavy atom. The molecule has 6 rings (SSSR count). The summed E-state index contributed by atoms with van der Waals surface area (Å²) in [5.74, 6) is -71.2. The molecule has 0 spiro atoms. The Hall–Kier alpha value is -6.14. The van der Waals surface area contributed by atoms with Gasteiger partial charge >= 0.3 is 0 Å². The van der Waals surface area contributed by atoms with Gasteiger partial charge in [-0.1, -0.05) is 30.3 Å². The van der Waals surface area contributed by atoms with Gasteiger partial charge in [-0.25, -0.2) is 87.8 Å². The minimum atomic E-state index is -7.22. The fraction of sp³-hybridized carbons (Fsp3) is 0.0541. The van der Waals surface area contributed by atoms with Crippen molar-refractivity contribution in [3.05, 3.63) is 177 Å². The molecule has 0 aliphatic heterocycles. The van der Waals surface area contributed by atoms with Crippen molar-refractivity contribution in [1.82, 2.24) is 4.98 Å². The molecule has 326 valence electrons. The van der Waals surface area contributed by atoms with Crippen LogP contribution >= 0.6 is 12.6 Å². The molecule has 0 aliphatic rings. The number of Topliss-reactive ketones (excluding diaryl/α,β-unsaturated/α-hetero) is 1. The molecule has 0 amide bonds. The van der Waals surface area contributed by atoms with E-state index < -0.39 is 144 Å². The topological polar surface area (TPSA) is 33.8 Å². The molecule has 0 N–H and O–H groups in total. The average molecular weight is 924 g/mol. The second-order valence-corrected chi connectivity index (χ2v) is 12.8. The molecule has 0 bridgehead atoms. The zero-order chi connectivity index (χ0) is 46.4. The number of hydrogen-bond donors (Lipinski definition) is 1. The molecular formula is C37H13BF20N2OS. The standard InChI is InChI=1S/C24BF20.C13H12N2OS/c26-5-1(6(27)14(35)21(42)13(5)34)25(2-7(28)15(36)22(43)16(37)8(2)29,3-9(30)17(38)23(44)18(39)10(3)31)4-11(32)19(40)24(45)20(41)12(4)33;16-13(10-17)12-8-14-6-7-15(12)9-11-4-2-1-3-5-11/h;1-8H,9-10H2/q-1;/p+1. The van der Waals surface area contributed by atoms with Gasteiger partial charge in [0.1, 0.15) is 58.9 Å². The van der Waals surface area contributed by atoms with Crippen LogP contribution in [-0.4, -0.2) is 22.7 Å². The SMILES string of the molecule is Fc1c(F)c(F)c([B-](c2c(F)c(F)c(F)c(F)c2F)(c2c(F)c(F)c(F)c(F)c2F)c2c(F)c(F)c(F)c(F)c2F)c(F)c1F.O=C(CS)c1cncc[n+]1Cc1ccccc1. The van der Waals surface area contributed by atoms with Crippen LogP contribution in [0.2, 0.25) is 0 Å². The summed E-state index contributed by atoms with van der Waals surface area (Å²) in [7, 11) is 0. The van der Waals surface area contributed by atoms with Crippen LogP contribution in [-0.2, 0) is 6.54 Å². The summed E-state index contributed by atoms with van der Waals surface area (Å²) in [6, 6.07) is 10.00. The molecule has 0 aliphatic carbocycles. The molecule has 0 radical (unpaired) electrons. The first kappa shape index (κ1) is 46.9. The molecule has 0 unspecified atom stereocenters. The molecular weight excluding hydrogens is 911 g/mol. The summed E-state index contributed by atoms with van der Waals surface area (Å²) in [5, 5.41) is 0. The lowest BCUT2D eigenvalue weighted by molar-refractivity contribution is -0.690. The first-order valence-corrected chi connectivity index (χ1v) is 16.9. The number of thiol groups is 1. The normalized spacial score (nSPS) is 11.5. The Balaban J connectivity index is 0.000000355. The van der Waals surface area contributed by atoms with Crippen molar-refractivity contribution in [3.63, 3.8) is 0 Å². The number of halogens is 20. The number of carbonyl (C=O) groups is 1.